The first-order valence-electron chi connectivity index (χ1n) is 5.51. The Morgan fingerprint density at radius 2 is 2.16 bits per heavy atom. The lowest BCUT2D eigenvalue weighted by molar-refractivity contribution is -0.384. The van der Waals surface area contributed by atoms with E-state index in [4.69, 9.17) is 11.6 Å². The minimum atomic E-state index is -0.519. The molecule has 0 aromatic carbocycles. The molecule has 0 unspecified atom stereocenters. The minimum absolute atomic E-state index is 0.146. The molecule has 0 saturated carbocycles. The van der Waals surface area contributed by atoms with Crippen molar-refractivity contribution in [1.29, 1.82) is 0 Å². The van der Waals surface area contributed by atoms with Gasteiger partial charge < -0.3 is 5.32 Å². The van der Waals surface area contributed by atoms with Crippen LogP contribution in [0.3, 0.4) is 0 Å². The second kappa shape index (κ2) is 5.62. The van der Waals surface area contributed by atoms with Crippen LogP contribution in [0.25, 0.3) is 0 Å². The summed E-state index contributed by atoms with van der Waals surface area (Å²) < 4.78 is 0. The van der Waals surface area contributed by atoms with Gasteiger partial charge in [-0.3, -0.25) is 15.1 Å². The summed E-state index contributed by atoms with van der Waals surface area (Å²) in [4.78, 5) is 18.4. The van der Waals surface area contributed by atoms with Crippen LogP contribution in [0.4, 0.5) is 11.5 Å². The first-order chi connectivity index (χ1) is 9.06. The number of hydrogen-bond donors (Lipinski definition) is 1. The minimum Gasteiger partial charge on any atom is -0.360 e. The van der Waals surface area contributed by atoms with Gasteiger partial charge in [-0.2, -0.15) is 0 Å². The third kappa shape index (κ3) is 3.38. The molecule has 0 atom stereocenters. The van der Waals surface area contributed by atoms with Crippen LogP contribution in [-0.4, -0.2) is 14.9 Å². The van der Waals surface area contributed by atoms with Gasteiger partial charge in [-0.1, -0.05) is 17.7 Å². The van der Waals surface area contributed by atoms with E-state index in [-0.39, 0.29) is 16.5 Å². The number of nitrogens with zero attached hydrogens (tertiary/aromatic N) is 3. The van der Waals surface area contributed by atoms with E-state index < -0.39 is 4.92 Å². The van der Waals surface area contributed by atoms with Crippen molar-refractivity contribution in [3.05, 3.63) is 57.0 Å². The fourth-order valence-corrected chi connectivity index (χ4v) is 1.64. The zero-order valence-corrected chi connectivity index (χ0v) is 10.9. The van der Waals surface area contributed by atoms with Crippen LogP contribution >= 0.6 is 11.6 Å². The molecule has 2 rings (SSSR count). The summed E-state index contributed by atoms with van der Waals surface area (Å²) in [5, 5.41) is 14.0. The Balaban J connectivity index is 2.15. The van der Waals surface area contributed by atoms with Crippen LogP contribution < -0.4 is 5.32 Å². The molecule has 19 heavy (non-hydrogen) atoms. The van der Waals surface area contributed by atoms with Gasteiger partial charge in [0.2, 0.25) is 5.82 Å². The maximum atomic E-state index is 10.9. The number of hydrogen-bond acceptors (Lipinski definition) is 5. The highest BCUT2D eigenvalue weighted by molar-refractivity contribution is 6.30. The molecule has 2 aromatic rings. The Morgan fingerprint density at radius 1 is 1.37 bits per heavy atom. The molecule has 6 nitrogen and oxygen atoms in total. The van der Waals surface area contributed by atoms with E-state index in [0.29, 0.717) is 6.54 Å². The van der Waals surface area contributed by atoms with E-state index in [1.807, 2.05) is 19.1 Å². The first-order valence-corrected chi connectivity index (χ1v) is 5.89. The molecule has 0 saturated heterocycles. The second-order valence-corrected chi connectivity index (χ2v) is 4.38. The Labute approximate surface area is 114 Å². The number of anilines is 1. The number of rotatable bonds is 4. The molecule has 1 N–H and O–H groups in total. The lowest BCUT2D eigenvalue weighted by Crippen LogP contribution is -2.05. The highest BCUT2D eigenvalue weighted by Crippen LogP contribution is 2.25. The Morgan fingerprint density at radius 3 is 2.79 bits per heavy atom. The van der Waals surface area contributed by atoms with Gasteiger partial charge in [0.25, 0.3) is 0 Å². The molecular weight excluding hydrogens is 268 g/mol. The van der Waals surface area contributed by atoms with Crippen LogP contribution in [0.2, 0.25) is 5.02 Å². The van der Waals surface area contributed by atoms with Crippen molar-refractivity contribution >= 4 is 23.1 Å². The maximum absolute atomic E-state index is 10.9. The standard InChI is InChI=1S/C12H11ClN4O2/c1-8-2-3-9(5-14-8)6-15-12-11(17(18)19)4-10(13)7-16-12/h2-5,7H,6H2,1H3,(H,15,16). The SMILES string of the molecule is Cc1ccc(CNc2ncc(Cl)cc2[N+](=O)[O-])cn1. The third-order valence-corrected chi connectivity index (χ3v) is 2.67. The predicted octanol–water partition coefficient (Wildman–Crippen LogP) is 2.96. The third-order valence-electron chi connectivity index (χ3n) is 2.46. The summed E-state index contributed by atoms with van der Waals surface area (Å²) >= 11 is 5.69. The van der Waals surface area contributed by atoms with E-state index in [9.17, 15) is 10.1 Å². The normalized spacial score (nSPS) is 10.2. The quantitative estimate of drug-likeness (QED) is 0.687. The molecule has 0 spiro atoms. The second-order valence-electron chi connectivity index (χ2n) is 3.94. The van der Waals surface area contributed by atoms with Crippen molar-refractivity contribution in [1.82, 2.24) is 9.97 Å². The van der Waals surface area contributed by atoms with Gasteiger partial charge in [-0.25, -0.2) is 4.98 Å². The average Bonchev–Trinajstić information content (AvgIpc) is 2.39. The van der Waals surface area contributed by atoms with Crippen molar-refractivity contribution in [2.24, 2.45) is 0 Å². The number of nitrogens with one attached hydrogen (secondary N) is 1. The molecule has 7 heteroatoms. The van der Waals surface area contributed by atoms with Gasteiger partial charge >= 0.3 is 5.69 Å². The molecule has 0 fully saturated rings. The van der Waals surface area contributed by atoms with Crippen molar-refractivity contribution < 1.29 is 4.92 Å². The molecule has 0 aliphatic rings. The molecule has 0 bridgehead atoms. The van der Waals surface area contributed by atoms with Crippen LogP contribution in [0, 0.1) is 17.0 Å². The summed E-state index contributed by atoms with van der Waals surface area (Å²) in [6.45, 7) is 2.30. The number of aromatic nitrogens is 2. The Hall–Kier alpha value is -2.21. The first kappa shape index (κ1) is 13.2. The van der Waals surface area contributed by atoms with Crippen LogP contribution in [0.15, 0.2) is 30.6 Å². The van der Waals surface area contributed by atoms with Gasteiger partial charge in [-0.15, -0.1) is 0 Å². The average molecular weight is 279 g/mol. The summed E-state index contributed by atoms with van der Waals surface area (Å²) in [7, 11) is 0. The van der Waals surface area contributed by atoms with Gasteiger partial charge in [0.1, 0.15) is 0 Å². The molecule has 98 valence electrons. The molecule has 2 aromatic heterocycles. The highest BCUT2D eigenvalue weighted by Gasteiger charge is 2.15. The van der Waals surface area contributed by atoms with E-state index in [1.165, 1.54) is 12.3 Å². The van der Waals surface area contributed by atoms with Gasteiger partial charge in [-0.05, 0) is 18.6 Å². The predicted molar refractivity (Wildman–Crippen MR) is 72.2 cm³/mol. The lowest BCUT2D eigenvalue weighted by Gasteiger charge is -2.06. The zero-order chi connectivity index (χ0) is 13.8. The van der Waals surface area contributed by atoms with E-state index in [0.717, 1.165) is 11.3 Å². The van der Waals surface area contributed by atoms with Crippen LogP contribution in [-0.2, 0) is 6.54 Å². The maximum Gasteiger partial charge on any atom is 0.312 e. The summed E-state index contributed by atoms with van der Waals surface area (Å²) in [5.41, 5.74) is 1.68. The fourth-order valence-electron chi connectivity index (χ4n) is 1.49. The van der Waals surface area contributed by atoms with Crippen molar-refractivity contribution in [3.63, 3.8) is 0 Å². The monoisotopic (exact) mass is 278 g/mol. The van der Waals surface area contributed by atoms with Gasteiger partial charge in [0, 0.05) is 30.7 Å². The fraction of sp³-hybridized carbons (Fsp3) is 0.167. The number of aryl methyl sites for hydroxylation is 1. The summed E-state index contributed by atoms with van der Waals surface area (Å²) in [5.74, 6) is 0.190. The largest absolute Gasteiger partial charge is 0.360 e. The van der Waals surface area contributed by atoms with E-state index in [2.05, 4.69) is 15.3 Å². The zero-order valence-electron chi connectivity index (χ0n) is 10.1. The number of nitro groups is 1. The number of halogens is 1. The molecular formula is C12H11ClN4O2. The van der Waals surface area contributed by atoms with Crippen molar-refractivity contribution in [2.75, 3.05) is 5.32 Å². The Bertz CT molecular complexity index is 601. The van der Waals surface area contributed by atoms with Crippen molar-refractivity contribution in [3.8, 4) is 0 Å². The highest BCUT2D eigenvalue weighted by atomic mass is 35.5. The summed E-state index contributed by atoms with van der Waals surface area (Å²) in [6, 6.07) is 5.04. The Kier molecular flexibility index (Phi) is 3.91. The molecule has 0 radical (unpaired) electrons. The molecule has 0 amide bonds. The number of pyridine rings is 2. The smallest absolute Gasteiger partial charge is 0.312 e. The van der Waals surface area contributed by atoms with E-state index in [1.54, 1.807) is 6.20 Å². The van der Waals surface area contributed by atoms with E-state index >= 15 is 0 Å². The van der Waals surface area contributed by atoms with Crippen LogP contribution in [0.1, 0.15) is 11.3 Å². The topological polar surface area (TPSA) is 81.0 Å². The lowest BCUT2D eigenvalue weighted by atomic mass is 10.2. The molecule has 0 aliphatic heterocycles. The van der Waals surface area contributed by atoms with Crippen molar-refractivity contribution in [2.45, 2.75) is 13.5 Å². The van der Waals surface area contributed by atoms with Crippen LogP contribution in [0.5, 0.6) is 0 Å². The van der Waals surface area contributed by atoms with Gasteiger partial charge in [0.05, 0.1) is 9.95 Å². The summed E-state index contributed by atoms with van der Waals surface area (Å²) in [6.07, 6.45) is 3.08. The molecule has 0 aliphatic carbocycles. The molecule has 2 heterocycles. The van der Waals surface area contributed by atoms with Gasteiger partial charge in [0.15, 0.2) is 0 Å².